The molecule has 6 nitrogen and oxygen atoms in total. The number of amides is 1. The highest BCUT2D eigenvalue weighted by Crippen LogP contribution is 2.19. The first-order chi connectivity index (χ1) is 11.3. The monoisotopic (exact) mass is 329 g/mol. The second-order valence-corrected chi connectivity index (χ2v) is 6.26. The van der Waals surface area contributed by atoms with Crippen molar-refractivity contribution in [2.24, 2.45) is 5.92 Å². The highest BCUT2D eigenvalue weighted by molar-refractivity contribution is 5.95. The topological polar surface area (TPSA) is 84.2 Å². The number of nitrogens with one attached hydrogen (secondary N) is 1. The van der Waals surface area contributed by atoms with Crippen LogP contribution in [-0.2, 0) is 4.79 Å². The minimum absolute atomic E-state index is 0.0288. The van der Waals surface area contributed by atoms with Crippen molar-refractivity contribution in [2.75, 3.05) is 6.54 Å². The molecule has 0 aliphatic carbocycles. The van der Waals surface area contributed by atoms with Gasteiger partial charge in [-0.2, -0.15) is 5.10 Å². The maximum Gasteiger partial charge on any atom is 0.303 e. The van der Waals surface area contributed by atoms with Crippen LogP contribution in [0, 0.1) is 26.7 Å². The summed E-state index contributed by atoms with van der Waals surface area (Å²) in [6.45, 7) is 7.98. The van der Waals surface area contributed by atoms with Crippen molar-refractivity contribution >= 4 is 11.9 Å². The van der Waals surface area contributed by atoms with E-state index in [1.165, 1.54) is 0 Å². The molecular formula is C18H23N3O3. The summed E-state index contributed by atoms with van der Waals surface area (Å²) in [5.74, 6) is -1.22. The normalized spacial score (nSPS) is 12.0. The molecule has 0 saturated heterocycles. The van der Waals surface area contributed by atoms with Crippen LogP contribution in [0.2, 0.25) is 0 Å². The van der Waals surface area contributed by atoms with Crippen LogP contribution in [0.3, 0.4) is 0 Å². The lowest BCUT2D eigenvalue weighted by Gasteiger charge is -2.11. The van der Waals surface area contributed by atoms with Crippen molar-refractivity contribution in [3.63, 3.8) is 0 Å². The van der Waals surface area contributed by atoms with Crippen molar-refractivity contribution in [1.29, 1.82) is 0 Å². The second-order valence-electron chi connectivity index (χ2n) is 6.26. The molecule has 1 aromatic heterocycles. The quantitative estimate of drug-likeness (QED) is 0.853. The standard InChI is InChI=1S/C18H23N3O3/c1-11-5-6-13(3)16(7-11)21-14(4)15(10-20-21)18(24)19-9-12(2)8-17(22)23/h5-7,10,12H,8-9H2,1-4H3,(H,19,24)(H,22,23). The van der Waals surface area contributed by atoms with Crippen molar-refractivity contribution in [3.8, 4) is 5.69 Å². The van der Waals surface area contributed by atoms with E-state index in [2.05, 4.69) is 10.4 Å². The van der Waals surface area contributed by atoms with Gasteiger partial charge in [0, 0.05) is 13.0 Å². The van der Waals surface area contributed by atoms with Crippen molar-refractivity contribution in [1.82, 2.24) is 15.1 Å². The third kappa shape index (κ3) is 4.01. The molecule has 0 radical (unpaired) electrons. The first-order valence-corrected chi connectivity index (χ1v) is 7.91. The summed E-state index contributed by atoms with van der Waals surface area (Å²) in [7, 11) is 0. The average molecular weight is 329 g/mol. The Kier molecular flexibility index (Phi) is 5.39. The summed E-state index contributed by atoms with van der Waals surface area (Å²) < 4.78 is 1.76. The number of carboxylic acids is 1. The zero-order chi connectivity index (χ0) is 17.9. The molecule has 128 valence electrons. The van der Waals surface area contributed by atoms with E-state index in [9.17, 15) is 9.59 Å². The van der Waals surface area contributed by atoms with Gasteiger partial charge in [0.2, 0.25) is 0 Å². The largest absolute Gasteiger partial charge is 0.481 e. The molecule has 0 aliphatic heterocycles. The van der Waals surface area contributed by atoms with E-state index in [-0.39, 0.29) is 18.2 Å². The van der Waals surface area contributed by atoms with E-state index in [1.807, 2.05) is 39.0 Å². The predicted molar refractivity (Wildman–Crippen MR) is 91.5 cm³/mol. The number of hydrogen-bond donors (Lipinski definition) is 2. The number of nitrogens with zero attached hydrogens (tertiary/aromatic N) is 2. The Morgan fingerprint density at radius 2 is 2.00 bits per heavy atom. The van der Waals surface area contributed by atoms with Crippen LogP contribution in [0.4, 0.5) is 0 Å². The van der Waals surface area contributed by atoms with Crippen LogP contribution in [0.15, 0.2) is 24.4 Å². The summed E-state index contributed by atoms with van der Waals surface area (Å²) >= 11 is 0. The highest BCUT2D eigenvalue weighted by atomic mass is 16.4. The van der Waals surface area contributed by atoms with Crippen molar-refractivity contribution in [2.45, 2.75) is 34.1 Å². The Bertz CT molecular complexity index is 765. The summed E-state index contributed by atoms with van der Waals surface area (Å²) in [5.41, 5.74) is 4.41. The number of hydrogen-bond acceptors (Lipinski definition) is 3. The van der Waals surface area contributed by atoms with E-state index in [1.54, 1.807) is 17.8 Å². The molecule has 1 heterocycles. The first kappa shape index (κ1) is 17.7. The molecule has 2 aromatic rings. The van der Waals surface area contributed by atoms with Gasteiger partial charge < -0.3 is 10.4 Å². The number of carboxylic acid groups (broad SMARTS) is 1. The first-order valence-electron chi connectivity index (χ1n) is 7.91. The predicted octanol–water partition coefficient (Wildman–Crippen LogP) is 2.64. The number of aromatic nitrogens is 2. The second kappa shape index (κ2) is 7.29. The molecule has 6 heteroatoms. The summed E-state index contributed by atoms with van der Waals surface area (Å²) in [6.07, 6.45) is 1.58. The van der Waals surface area contributed by atoms with E-state index >= 15 is 0 Å². The molecule has 0 spiro atoms. The zero-order valence-corrected chi connectivity index (χ0v) is 14.5. The zero-order valence-electron chi connectivity index (χ0n) is 14.5. The van der Waals surface area contributed by atoms with E-state index in [0.29, 0.717) is 12.1 Å². The molecule has 0 fully saturated rings. The molecule has 2 N–H and O–H groups in total. The van der Waals surface area contributed by atoms with Crippen LogP contribution in [0.25, 0.3) is 5.69 Å². The Labute approximate surface area is 141 Å². The minimum atomic E-state index is -0.865. The lowest BCUT2D eigenvalue weighted by atomic mass is 10.1. The highest BCUT2D eigenvalue weighted by Gasteiger charge is 2.17. The fourth-order valence-electron chi connectivity index (χ4n) is 2.56. The molecule has 24 heavy (non-hydrogen) atoms. The number of aryl methyl sites for hydroxylation is 2. The Balaban J connectivity index is 2.16. The number of benzene rings is 1. The number of carbonyl (C=O) groups excluding carboxylic acids is 1. The maximum absolute atomic E-state index is 12.3. The molecule has 0 saturated carbocycles. The molecule has 0 bridgehead atoms. The third-order valence-electron chi connectivity index (χ3n) is 3.98. The number of aliphatic carboxylic acids is 1. The van der Waals surface area contributed by atoms with Crippen molar-refractivity contribution < 1.29 is 14.7 Å². The molecule has 1 aromatic carbocycles. The van der Waals surface area contributed by atoms with E-state index in [0.717, 1.165) is 22.5 Å². The lowest BCUT2D eigenvalue weighted by molar-refractivity contribution is -0.137. The van der Waals surface area contributed by atoms with Gasteiger partial charge in [0.15, 0.2) is 0 Å². The maximum atomic E-state index is 12.3. The van der Waals surface area contributed by atoms with Gasteiger partial charge in [-0.25, -0.2) is 4.68 Å². The van der Waals surface area contributed by atoms with E-state index < -0.39 is 5.97 Å². The fraction of sp³-hybridized carbons (Fsp3) is 0.389. The molecule has 1 atom stereocenters. The molecular weight excluding hydrogens is 306 g/mol. The van der Waals surface area contributed by atoms with Crippen LogP contribution in [0.1, 0.15) is 40.5 Å². The summed E-state index contributed by atoms with van der Waals surface area (Å²) in [6, 6.07) is 6.10. The van der Waals surface area contributed by atoms with Crippen LogP contribution >= 0.6 is 0 Å². The van der Waals surface area contributed by atoms with Gasteiger partial charge in [0.05, 0.1) is 23.1 Å². The van der Waals surface area contributed by atoms with Gasteiger partial charge >= 0.3 is 5.97 Å². The number of rotatable bonds is 6. The Morgan fingerprint density at radius 1 is 1.29 bits per heavy atom. The number of carbonyl (C=O) groups is 2. The van der Waals surface area contributed by atoms with Gasteiger partial charge in [0.25, 0.3) is 5.91 Å². The van der Waals surface area contributed by atoms with Crippen molar-refractivity contribution in [3.05, 3.63) is 46.8 Å². The van der Waals surface area contributed by atoms with Gasteiger partial charge in [-0.05, 0) is 43.9 Å². The summed E-state index contributed by atoms with van der Waals surface area (Å²) in [4.78, 5) is 23.0. The molecule has 1 unspecified atom stereocenters. The minimum Gasteiger partial charge on any atom is -0.481 e. The average Bonchev–Trinajstić information content (AvgIpc) is 2.88. The van der Waals surface area contributed by atoms with Gasteiger partial charge in [0.1, 0.15) is 0 Å². The van der Waals surface area contributed by atoms with E-state index in [4.69, 9.17) is 5.11 Å². The molecule has 0 aliphatic rings. The SMILES string of the molecule is Cc1ccc(C)c(-n2ncc(C(=O)NCC(C)CC(=O)O)c2C)c1. The molecule has 2 rings (SSSR count). The smallest absolute Gasteiger partial charge is 0.303 e. The third-order valence-corrected chi connectivity index (χ3v) is 3.98. The van der Waals surface area contributed by atoms with Crippen LogP contribution in [0.5, 0.6) is 0 Å². The van der Waals surface area contributed by atoms with Gasteiger partial charge in [-0.1, -0.05) is 19.1 Å². The van der Waals surface area contributed by atoms with Gasteiger partial charge in [-0.15, -0.1) is 0 Å². The fourth-order valence-corrected chi connectivity index (χ4v) is 2.56. The lowest BCUT2D eigenvalue weighted by Crippen LogP contribution is -2.29. The van der Waals surface area contributed by atoms with Gasteiger partial charge in [-0.3, -0.25) is 9.59 Å². The Morgan fingerprint density at radius 3 is 2.67 bits per heavy atom. The Hall–Kier alpha value is -2.63. The van der Waals surface area contributed by atoms with Crippen LogP contribution < -0.4 is 5.32 Å². The van der Waals surface area contributed by atoms with Crippen LogP contribution in [-0.4, -0.2) is 33.3 Å². The molecule has 1 amide bonds. The summed E-state index contributed by atoms with van der Waals surface area (Å²) in [5, 5.41) is 15.9.